The van der Waals surface area contributed by atoms with Gasteiger partial charge < -0.3 is 5.32 Å². The minimum absolute atomic E-state index is 0.798. The Labute approximate surface area is 104 Å². The molecule has 5 heteroatoms. The zero-order valence-electron chi connectivity index (χ0n) is 9.11. The van der Waals surface area contributed by atoms with Crippen LogP contribution in [0.4, 0.5) is 5.82 Å². The second-order valence-corrected chi connectivity index (χ2v) is 5.30. The summed E-state index contributed by atoms with van der Waals surface area (Å²) in [5, 5.41) is 7.61. The van der Waals surface area contributed by atoms with Gasteiger partial charge >= 0.3 is 0 Å². The maximum Gasteiger partial charge on any atom is 0.124 e. The van der Waals surface area contributed by atoms with E-state index in [0.717, 1.165) is 29.7 Å². The van der Waals surface area contributed by atoms with Gasteiger partial charge in [0.2, 0.25) is 0 Å². The van der Waals surface area contributed by atoms with Crippen LogP contribution in [-0.4, -0.2) is 9.78 Å². The first-order chi connectivity index (χ1) is 7.79. The van der Waals surface area contributed by atoms with Crippen LogP contribution in [0.5, 0.6) is 0 Å². The van der Waals surface area contributed by atoms with Gasteiger partial charge in [-0.2, -0.15) is 5.10 Å². The van der Waals surface area contributed by atoms with Crippen molar-refractivity contribution in [2.45, 2.75) is 26.4 Å². The molecule has 86 valence electrons. The predicted octanol–water partition coefficient (Wildman–Crippen LogP) is 3.62. The van der Waals surface area contributed by atoms with Gasteiger partial charge in [0.05, 0.1) is 17.1 Å². The van der Waals surface area contributed by atoms with E-state index in [2.05, 4.69) is 17.3 Å². The highest BCUT2D eigenvalue weighted by Gasteiger charge is 2.02. The largest absolute Gasteiger partial charge is 0.365 e. The Hall–Kier alpha value is -1.000. The highest BCUT2D eigenvalue weighted by atomic mass is 35.5. The lowest BCUT2D eigenvalue weighted by Crippen LogP contribution is -2.07. The molecule has 1 N–H and O–H groups in total. The summed E-state index contributed by atoms with van der Waals surface area (Å²) in [5.74, 6) is 1.06. The summed E-state index contributed by atoms with van der Waals surface area (Å²) in [4.78, 5) is 1.23. The number of hydrogen-bond acceptors (Lipinski definition) is 3. The molecule has 0 radical (unpaired) electrons. The number of aromatic nitrogens is 2. The summed E-state index contributed by atoms with van der Waals surface area (Å²) < 4.78 is 2.81. The number of nitrogens with zero attached hydrogens (tertiary/aromatic N) is 2. The Kier molecular flexibility index (Phi) is 3.85. The number of anilines is 1. The molecular formula is C11H14ClN3S. The van der Waals surface area contributed by atoms with Crippen molar-refractivity contribution < 1.29 is 0 Å². The molecule has 0 unspecified atom stereocenters. The van der Waals surface area contributed by atoms with Gasteiger partial charge in [0.25, 0.3) is 0 Å². The Morgan fingerprint density at radius 3 is 3.00 bits per heavy atom. The van der Waals surface area contributed by atoms with E-state index in [1.54, 1.807) is 11.3 Å². The van der Waals surface area contributed by atoms with E-state index in [9.17, 15) is 0 Å². The predicted molar refractivity (Wildman–Crippen MR) is 69.2 cm³/mol. The Balaban J connectivity index is 1.96. The smallest absolute Gasteiger partial charge is 0.124 e. The van der Waals surface area contributed by atoms with Crippen molar-refractivity contribution in [3.63, 3.8) is 0 Å². The van der Waals surface area contributed by atoms with Gasteiger partial charge in [0.1, 0.15) is 5.82 Å². The quantitative estimate of drug-likeness (QED) is 0.884. The number of nitrogens with one attached hydrogen (secondary N) is 1. The fourth-order valence-electron chi connectivity index (χ4n) is 1.50. The van der Waals surface area contributed by atoms with Crippen LogP contribution in [0.1, 0.15) is 18.2 Å². The van der Waals surface area contributed by atoms with Crippen molar-refractivity contribution in [1.82, 2.24) is 9.78 Å². The molecule has 0 aliphatic carbocycles. The van der Waals surface area contributed by atoms with Gasteiger partial charge in [0.15, 0.2) is 0 Å². The van der Waals surface area contributed by atoms with Gasteiger partial charge in [-0.3, -0.25) is 0 Å². The van der Waals surface area contributed by atoms with E-state index in [1.165, 1.54) is 4.88 Å². The van der Waals surface area contributed by atoms with Crippen LogP contribution in [-0.2, 0) is 13.1 Å². The molecule has 0 bridgehead atoms. The zero-order valence-corrected chi connectivity index (χ0v) is 10.7. The normalized spacial score (nSPS) is 10.6. The zero-order chi connectivity index (χ0) is 11.4. The Bertz CT molecular complexity index is 450. The fourth-order valence-corrected chi connectivity index (χ4v) is 2.52. The van der Waals surface area contributed by atoms with Crippen molar-refractivity contribution in [2.75, 3.05) is 5.32 Å². The standard InChI is InChI=1S/C11H14ClN3S/c1-2-7-15-11(5-6-14-15)13-8-9-3-4-10(12)16-9/h3-6,13H,2,7-8H2,1H3. The fraction of sp³-hybridized carbons (Fsp3) is 0.364. The van der Waals surface area contributed by atoms with Crippen molar-refractivity contribution in [1.29, 1.82) is 0 Å². The van der Waals surface area contributed by atoms with Crippen molar-refractivity contribution in [3.8, 4) is 0 Å². The van der Waals surface area contributed by atoms with Gasteiger partial charge in [0, 0.05) is 17.5 Å². The summed E-state index contributed by atoms with van der Waals surface area (Å²) in [6.45, 7) is 3.89. The molecule has 2 aromatic heterocycles. The maximum absolute atomic E-state index is 5.88. The molecule has 2 rings (SSSR count). The Morgan fingerprint density at radius 2 is 2.31 bits per heavy atom. The molecule has 16 heavy (non-hydrogen) atoms. The summed E-state index contributed by atoms with van der Waals surface area (Å²) >= 11 is 7.48. The molecule has 0 saturated carbocycles. The van der Waals surface area contributed by atoms with Crippen molar-refractivity contribution in [3.05, 3.63) is 33.6 Å². The lowest BCUT2D eigenvalue weighted by atomic mass is 10.4. The summed E-state index contributed by atoms with van der Waals surface area (Å²) in [6, 6.07) is 5.96. The first-order valence-corrected chi connectivity index (χ1v) is 6.49. The van der Waals surface area contributed by atoms with E-state index in [-0.39, 0.29) is 0 Å². The second kappa shape index (κ2) is 5.37. The number of rotatable bonds is 5. The lowest BCUT2D eigenvalue weighted by Gasteiger charge is -2.07. The second-order valence-electron chi connectivity index (χ2n) is 3.50. The van der Waals surface area contributed by atoms with Gasteiger partial charge in [-0.15, -0.1) is 11.3 Å². The Morgan fingerprint density at radius 1 is 1.44 bits per heavy atom. The van der Waals surface area contributed by atoms with E-state index in [0.29, 0.717) is 0 Å². The number of halogens is 1. The molecule has 2 aromatic rings. The van der Waals surface area contributed by atoms with E-state index in [1.807, 2.05) is 29.1 Å². The highest BCUT2D eigenvalue weighted by Crippen LogP contribution is 2.22. The number of aryl methyl sites for hydroxylation is 1. The number of hydrogen-bond donors (Lipinski definition) is 1. The topological polar surface area (TPSA) is 29.9 Å². The molecule has 3 nitrogen and oxygen atoms in total. The molecule has 0 saturated heterocycles. The van der Waals surface area contributed by atoms with Crippen LogP contribution in [0.15, 0.2) is 24.4 Å². The van der Waals surface area contributed by atoms with Crippen molar-refractivity contribution in [2.24, 2.45) is 0 Å². The van der Waals surface area contributed by atoms with E-state index < -0.39 is 0 Å². The summed E-state index contributed by atoms with van der Waals surface area (Å²) in [7, 11) is 0. The van der Waals surface area contributed by atoms with Crippen LogP contribution in [0.3, 0.4) is 0 Å². The molecule has 2 heterocycles. The molecule has 0 aromatic carbocycles. The van der Waals surface area contributed by atoms with Crippen LogP contribution >= 0.6 is 22.9 Å². The summed E-state index contributed by atoms with van der Waals surface area (Å²) in [5.41, 5.74) is 0. The first kappa shape index (κ1) is 11.5. The third kappa shape index (κ3) is 2.77. The van der Waals surface area contributed by atoms with Gasteiger partial charge in [-0.25, -0.2) is 4.68 Å². The molecule has 0 spiro atoms. The monoisotopic (exact) mass is 255 g/mol. The van der Waals surface area contributed by atoms with Crippen molar-refractivity contribution >= 4 is 28.8 Å². The van der Waals surface area contributed by atoms with Crippen LogP contribution in [0.2, 0.25) is 4.34 Å². The maximum atomic E-state index is 5.88. The van der Waals surface area contributed by atoms with Gasteiger partial charge in [-0.1, -0.05) is 18.5 Å². The third-order valence-corrected chi connectivity index (χ3v) is 3.46. The molecule has 0 atom stereocenters. The number of thiophene rings is 1. The van der Waals surface area contributed by atoms with Crippen LogP contribution < -0.4 is 5.32 Å². The van der Waals surface area contributed by atoms with Gasteiger partial charge in [-0.05, 0) is 18.6 Å². The molecule has 0 aliphatic rings. The molecule has 0 aliphatic heterocycles. The minimum Gasteiger partial charge on any atom is -0.365 e. The highest BCUT2D eigenvalue weighted by molar-refractivity contribution is 7.16. The van der Waals surface area contributed by atoms with E-state index >= 15 is 0 Å². The average molecular weight is 256 g/mol. The lowest BCUT2D eigenvalue weighted by molar-refractivity contribution is 0.607. The molecular weight excluding hydrogens is 242 g/mol. The molecule has 0 fully saturated rings. The van der Waals surface area contributed by atoms with Crippen LogP contribution in [0, 0.1) is 0 Å². The first-order valence-electron chi connectivity index (χ1n) is 5.29. The SMILES string of the molecule is CCCn1nccc1NCc1ccc(Cl)s1. The molecule has 0 amide bonds. The average Bonchev–Trinajstić information content (AvgIpc) is 2.85. The van der Waals surface area contributed by atoms with Crippen LogP contribution in [0.25, 0.3) is 0 Å². The van der Waals surface area contributed by atoms with E-state index in [4.69, 9.17) is 11.6 Å². The summed E-state index contributed by atoms with van der Waals surface area (Å²) in [6.07, 6.45) is 2.90. The minimum atomic E-state index is 0.798. The third-order valence-electron chi connectivity index (χ3n) is 2.22.